The van der Waals surface area contributed by atoms with Crippen molar-refractivity contribution in [3.63, 3.8) is 0 Å². The number of halogens is 1. The van der Waals surface area contributed by atoms with Gasteiger partial charge in [0.15, 0.2) is 0 Å². The van der Waals surface area contributed by atoms with Crippen LogP contribution in [-0.2, 0) is 10.2 Å². The highest BCUT2D eigenvalue weighted by molar-refractivity contribution is 6.06. The van der Waals surface area contributed by atoms with Crippen LogP contribution in [-0.4, -0.2) is 11.1 Å². The average molecular weight is 296 g/mol. The van der Waals surface area contributed by atoms with Crippen LogP contribution in [0.25, 0.3) is 16.7 Å². The van der Waals surface area contributed by atoms with Crippen LogP contribution in [0.15, 0.2) is 42.5 Å². The van der Waals surface area contributed by atoms with Gasteiger partial charge in [-0.3, -0.25) is 0 Å². The summed E-state index contributed by atoms with van der Waals surface area (Å²) in [6, 6.07) is 10.6. The predicted octanol–water partition coefficient (Wildman–Crippen LogP) is 4.62. The Morgan fingerprint density at radius 3 is 2.18 bits per heavy atom. The topological polar surface area (TPSA) is 37.3 Å². The molecule has 1 aliphatic carbocycles. The molecule has 2 aromatic rings. The predicted molar refractivity (Wildman–Crippen MR) is 85.3 cm³/mol. The fourth-order valence-corrected chi connectivity index (χ4v) is 2.87. The maximum atomic E-state index is 13.6. The molecular formula is C19H17FO2. The number of fused-ring (bicyclic) bond motifs is 3. The summed E-state index contributed by atoms with van der Waals surface area (Å²) in [6.45, 7) is 6.32. The number of rotatable bonds is 1. The number of hydrogen-bond donors (Lipinski definition) is 1. The van der Waals surface area contributed by atoms with Crippen molar-refractivity contribution in [3.8, 4) is 11.1 Å². The van der Waals surface area contributed by atoms with E-state index in [4.69, 9.17) is 5.11 Å². The smallest absolute Gasteiger partial charge is 0.328 e. The lowest BCUT2D eigenvalue weighted by Crippen LogP contribution is -2.11. The Hall–Kier alpha value is -2.42. The molecule has 22 heavy (non-hydrogen) atoms. The molecule has 0 atom stereocenters. The van der Waals surface area contributed by atoms with Crippen molar-refractivity contribution in [1.82, 2.24) is 0 Å². The quantitative estimate of drug-likeness (QED) is 0.665. The molecule has 1 aliphatic rings. The highest BCUT2D eigenvalue weighted by atomic mass is 19.1. The van der Waals surface area contributed by atoms with E-state index >= 15 is 0 Å². The van der Waals surface area contributed by atoms with Crippen LogP contribution in [0.2, 0.25) is 0 Å². The number of aliphatic carboxylic acids is 1. The summed E-state index contributed by atoms with van der Waals surface area (Å²) in [5.74, 6) is -1.39. The van der Waals surface area contributed by atoms with E-state index in [1.54, 1.807) is 6.07 Å². The summed E-state index contributed by atoms with van der Waals surface area (Å²) in [6.07, 6.45) is 1.16. The van der Waals surface area contributed by atoms with Gasteiger partial charge in [0.05, 0.1) is 0 Å². The van der Waals surface area contributed by atoms with Crippen LogP contribution in [0.5, 0.6) is 0 Å². The number of carboxylic acids is 1. The van der Waals surface area contributed by atoms with Gasteiger partial charge in [0.25, 0.3) is 0 Å². The third kappa shape index (κ3) is 2.33. The largest absolute Gasteiger partial charge is 0.478 e. The molecule has 2 nitrogen and oxygen atoms in total. The fourth-order valence-electron chi connectivity index (χ4n) is 2.87. The maximum Gasteiger partial charge on any atom is 0.328 e. The molecule has 3 heteroatoms. The summed E-state index contributed by atoms with van der Waals surface area (Å²) in [5.41, 5.74) is 4.99. The summed E-state index contributed by atoms with van der Waals surface area (Å²) < 4.78 is 13.6. The van der Waals surface area contributed by atoms with Crippen LogP contribution >= 0.6 is 0 Å². The van der Waals surface area contributed by atoms with Gasteiger partial charge in [0.1, 0.15) is 5.82 Å². The second-order valence-electron chi connectivity index (χ2n) is 6.60. The van der Waals surface area contributed by atoms with E-state index in [-0.39, 0.29) is 11.2 Å². The van der Waals surface area contributed by atoms with E-state index < -0.39 is 5.97 Å². The van der Waals surface area contributed by atoms with Crippen molar-refractivity contribution >= 4 is 11.5 Å². The van der Waals surface area contributed by atoms with Gasteiger partial charge in [-0.2, -0.15) is 0 Å². The van der Waals surface area contributed by atoms with Gasteiger partial charge < -0.3 is 5.11 Å². The fraction of sp³-hybridized carbons (Fsp3) is 0.211. The van der Waals surface area contributed by atoms with Crippen LogP contribution in [0.1, 0.15) is 37.5 Å². The van der Waals surface area contributed by atoms with E-state index in [2.05, 4.69) is 26.8 Å². The lowest BCUT2D eigenvalue weighted by molar-refractivity contribution is -0.131. The lowest BCUT2D eigenvalue weighted by Gasteiger charge is -2.20. The zero-order valence-electron chi connectivity index (χ0n) is 12.8. The molecule has 0 bridgehead atoms. The van der Waals surface area contributed by atoms with Gasteiger partial charge in [-0.1, -0.05) is 39.0 Å². The Morgan fingerprint density at radius 1 is 1.00 bits per heavy atom. The molecule has 0 heterocycles. The number of benzene rings is 2. The molecule has 3 rings (SSSR count). The van der Waals surface area contributed by atoms with Crippen molar-refractivity contribution < 1.29 is 14.3 Å². The lowest BCUT2D eigenvalue weighted by atomic mass is 9.85. The van der Waals surface area contributed by atoms with Gasteiger partial charge >= 0.3 is 5.97 Å². The molecular weight excluding hydrogens is 279 g/mol. The first-order chi connectivity index (χ1) is 10.3. The van der Waals surface area contributed by atoms with Crippen molar-refractivity contribution in [3.05, 3.63) is 65.0 Å². The molecule has 0 fully saturated rings. The molecule has 0 saturated heterocycles. The Labute approximate surface area is 128 Å². The highest BCUT2D eigenvalue weighted by Gasteiger charge is 2.26. The number of carboxylic acid groups (broad SMARTS) is 1. The van der Waals surface area contributed by atoms with E-state index in [0.717, 1.165) is 28.3 Å². The van der Waals surface area contributed by atoms with E-state index in [1.165, 1.54) is 12.1 Å². The first-order valence-corrected chi connectivity index (χ1v) is 7.17. The minimum atomic E-state index is -1.03. The number of hydrogen-bond acceptors (Lipinski definition) is 1. The Morgan fingerprint density at radius 2 is 1.59 bits per heavy atom. The van der Waals surface area contributed by atoms with Gasteiger partial charge in [0, 0.05) is 6.08 Å². The third-order valence-electron chi connectivity index (χ3n) is 4.01. The summed E-state index contributed by atoms with van der Waals surface area (Å²) in [7, 11) is 0. The molecule has 2 aromatic carbocycles. The Kier molecular flexibility index (Phi) is 3.17. The summed E-state index contributed by atoms with van der Waals surface area (Å²) >= 11 is 0. The molecule has 0 aromatic heterocycles. The van der Waals surface area contributed by atoms with Crippen LogP contribution in [0, 0.1) is 5.82 Å². The minimum Gasteiger partial charge on any atom is -0.478 e. The standard InChI is InChI=1S/C19H17FO2/c1-19(2,3)11-4-6-13-14-7-5-12(20)9-16(14)17(10-18(21)22)15(13)8-11/h4-10H,1-3H3,(H,21,22)/b17-10-. The zero-order valence-corrected chi connectivity index (χ0v) is 12.8. The Bertz CT molecular complexity index is 811. The van der Waals surface area contributed by atoms with E-state index in [9.17, 15) is 9.18 Å². The molecule has 112 valence electrons. The first kappa shape index (κ1) is 14.5. The molecule has 0 amide bonds. The van der Waals surface area contributed by atoms with Crippen LogP contribution < -0.4 is 0 Å². The Balaban J connectivity index is 2.30. The summed E-state index contributed by atoms with van der Waals surface area (Å²) in [4.78, 5) is 11.2. The molecule has 0 unspecified atom stereocenters. The normalized spacial score (nSPS) is 14.8. The van der Waals surface area contributed by atoms with Crippen molar-refractivity contribution in [2.24, 2.45) is 0 Å². The van der Waals surface area contributed by atoms with Gasteiger partial charge in [-0.15, -0.1) is 0 Å². The molecule has 0 radical (unpaired) electrons. The first-order valence-electron chi connectivity index (χ1n) is 7.17. The van der Waals surface area contributed by atoms with Crippen LogP contribution in [0.4, 0.5) is 4.39 Å². The van der Waals surface area contributed by atoms with E-state index in [0.29, 0.717) is 11.1 Å². The SMILES string of the molecule is CC(C)(C)c1ccc2c(c1)/C(=C/C(=O)O)c1cc(F)ccc1-2. The molecule has 0 aliphatic heterocycles. The average Bonchev–Trinajstić information content (AvgIpc) is 2.71. The second kappa shape index (κ2) is 4.80. The summed E-state index contributed by atoms with van der Waals surface area (Å²) in [5, 5.41) is 9.15. The monoisotopic (exact) mass is 296 g/mol. The van der Waals surface area contributed by atoms with Gasteiger partial charge in [0.2, 0.25) is 0 Å². The third-order valence-corrected chi connectivity index (χ3v) is 4.01. The highest BCUT2D eigenvalue weighted by Crippen LogP contribution is 2.45. The minimum absolute atomic E-state index is 0.0383. The van der Waals surface area contributed by atoms with Crippen molar-refractivity contribution in [2.45, 2.75) is 26.2 Å². The van der Waals surface area contributed by atoms with Crippen LogP contribution in [0.3, 0.4) is 0 Å². The maximum absolute atomic E-state index is 13.6. The van der Waals surface area contributed by atoms with Gasteiger partial charge in [-0.25, -0.2) is 9.18 Å². The van der Waals surface area contributed by atoms with Crippen molar-refractivity contribution in [1.29, 1.82) is 0 Å². The molecule has 0 spiro atoms. The van der Waals surface area contributed by atoms with Gasteiger partial charge in [-0.05, 0) is 57.0 Å². The zero-order chi connectivity index (χ0) is 16.1. The van der Waals surface area contributed by atoms with E-state index in [1.807, 2.05) is 12.1 Å². The molecule has 1 N–H and O–H groups in total. The molecule has 0 saturated carbocycles. The van der Waals surface area contributed by atoms with Crippen molar-refractivity contribution in [2.75, 3.05) is 0 Å². The second-order valence-corrected chi connectivity index (χ2v) is 6.60. The number of carbonyl (C=O) groups is 1.